The van der Waals surface area contributed by atoms with Crippen LogP contribution in [0.2, 0.25) is 0 Å². The predicted molar refractivity (Wildman–Crippen MR) is 49.9 cm³/mol. The molecule has 0 spiro atoms. The number of nitrogens with one attached hydrogen (secondary N) is 1. The molecule has 2 heterocycles. The van der Waals surface area contributed by atoms with Crippen LogP contribution in [0.3, 0.4) is 0 Å². The molecule has 0 radical (unpaired) electrons. The van der Waals surface area contributed by atoms with Gasteiger partial charge in [0, 0.05) is 25.2 Å². The summed E-state index contributed by atoms with van der Waals surface area (Å²) in [6.07, 6.45) is 3.71. The van der Waals surface area contributed by atoms with Crippen LogP contribution in [0, 0.1) is 0 Å². The van der Waals surface area contributed by atoms with E-state index in [-0.39, 0.29) is 0 Å². The highest BCUT2D eigenvalue weighted by atomic mass is 14.9. The van der Waals surface area contributed by atoms with Gasteiger partial charge in [0.1, 0.15) is 0 Å². The first kappa shape index (κ1) is 7.50. The van der Waals surface area contributed by atoms with E-state index in [0.717, 1.165) is 18.8 Å². The molecular formula is C10H12N2. The Hall–Kier alpha value is -1.15. The summed E-state index contributed by atoms with van der Waals surface area (Å²) in [6, 6.07) is 4.15. The van der Waals surface area contributed by atoms with Gasteiger partial charge >= 0.3 is 0 Å². The van der Waals surface area contributed by atoms with E-state index in [0.29, 0.717) is 5.92 Å². The molecule has 62 valence electrons. The van der Waals surface area contributed by atoms with Crippen molar-refractivity contribution in [2.75, 3.05) is 13.1 Å². The van der Waals surface area contributed by atoms with Gasteiger partial charge in [-0.25, -0.2) is 0 Å². The molecule has 0 unspecified atom stereocenters. The van der Waals surface area contributed by atoms with Crippen LogP contribution in [-0.4, -0.2) is 18.1 Å². The third kappa shape index (κ3) is 1.25. The second kappa shape index (κ2) is 3.07. The normalized spacial score (nSPS) is 17.0. The van der Waals surface area contributed by atoms with Crippen LogP contribution in [0.5, 0.6) is 0 Å². The third-order valence-corrected chi connectivity index (χ3v) is 2.27. The molecule has 12 heavy (non-hydrogen) atoms. The van der Waals surface area contributed by atoms with Crippen molar-refractivity contribution in [3.05, 3.63) is 36.2 Å². The van der Waals surface area contributed by atoms with E-state index in [2.05, 4.69) is 22.9 Å². The van der Waals surface area contributed by atoms with E-state index in [1.54, 1.807) is 6.08 Å². The summed E-state index contributed by atoms with van der Waals surface area (Å²) >= 11 is 0. The molecular weight excluding hydrogens is 148 g/mol. The molecule has 2 heteroatoms. The molecule has 1 aliphatic rings. The first-order chi connectivity index (χ1) is 5.90. The van der Waals surface area contributed by atoms with Crippen LogP contribution in [0.1, 0.15) is 17.2 Å². The van der Waals surface area contributed by atoms with Gasteiger partial charge in [-0.1, -0.05) is 12.6 Å². The summed E-state index contributed by atoms with van der Waals surface area (Å²) in [4.78, 5) is 4.25. The van der Waals surface area contributed by atoms with Gasteiger partial charge in [0.05, 0.1) is 5.69 Å². The number of aromatic nitrogens is 1. The number of hydrogen-bond acceptors (Lipinski definition) is 2. The zero-order chi connectivity index (χ0) is 8.39. The topological polar surface area (TPSA) is 24.9 Å². The van der Waals surface area contributed by atoms with Crippen molar-refractivity contribution in [1.29, 1.82) is 0 Å². The van der Waals surface area contributed by atoms with Crippen LogP contribution >= 0.6 is 0 Å². The Labute approximate surface area is 72.3 Å². The standard InChI is InChI=1S/C10H12N2/c1-2-10-4-3-8(7-12-10)9-5-11-6-9/h2-4,7,9,11H,1,5-6H2. The van der Waals surface area contributed by atoms with E-state index in [1.165, 1.54) is 5.56 Å². The molecule has 1 aromatic heterocycles. The lowest BCUT2D eigenvalue weighted by molar-refractivity contribution is 0.447. The highest BCUT2D eigenvalue weighted by molar-refractivity contribution is 5.41. The third-order valence-electron chi connectivity index (χ3n) is 2.27. The SMILES string of the molecule is C=Cc1ccc(C2CNC2)cn1. The van der Waals surface area contributed by atoms with Crippen LogP contribution in [0.4, 0.5) is 0 Å². The highest BCUT2D eigenvalue weighted by Gasteiger charge is 2.18. The molecule has 0 bridgehead atoms. The molecule has 0 aliphatic carbocycles. The minimum absolute atomic E-state index is 0.677. The van der Waals surface area contributed by atoms with Crippen LogP contribution < -0.4 is 5.32 Å². The summed E-state index contributed by atoms with van der Waals surface area (Å²) in [5, 5.41) is 3.24. The molecule has 0 saturated carbocycles. The lowest BCUT2D eigenvalue weighted by Gasteiger charge is -2.27. The molecule has 0 amide bonds. The number of rotatable bonds is 2. The number of hydrogen-bond donors (Lipinski definition) is 1. The average Bonchev–Trinajstić information content (AvgIpc) is 2.03. The van der Waals surface area contributed by atoms with Crippen molar-refractivity contribution in [3.63, 3.8) is 0 Å². The first-order valence-electron chi connectivity index (χ1n) is 4.19. The van der Waals surface area contributed by atoms with E-state index in [4.69, 9.17) is 0 Å². The fraction of sp³-hybridized carbons (Fsp3) is 0.300. The Morgan fingerprint density at radius 3 is 2.75 bits per heavy atom. The van der Waals surface area contributed by atoms with Gasteiger partial charge in [-0.05, 0) is 17.7 Å². The molecule has 2 rings (SSSR count). The summed E-state index contributed by atoms with van der Waals surface area (Å²) < 4.78 is 0. The van der Waals surface area contributed by atoms with Gasteiger partial charge in [-0.2, -0.15) is 0 Å². The van der Waals surface area contributed by atoms with Crippen molar-refractivity contribution >= 4 is 6.08 Å². The molecule has 1 aliphatic heterocycles. The average molecular weight is 160 g/mol. The van der Waals surface area contributed by atoms with Crippen molar-refractivity contribution in [1.82, 2.24) is 10.3 Å². The smallest absolute Gasteiger partial charge is 0.0623 e. The summed E-state index contributed by atoms with van der Waals surface area (Å²) in [5.41, 5.74) is 2.28. The minimum atomic E-state index is 0.677. The van der Waals surface area contributed by atoms with Gasteiger partial charge < -0.3 is 5.32 Å². The molecule has 0 atom stereocenters. The van der Waals surface area contributed by atoms with Crippen molar-refractivity contribution < 1.29 is 0 Å². The van der Waals surface area contributed by atoms with Crippen molar-refractivity contribution in [3.8, 4) is 0 Å². The van der Waals surface area contributed by atoms with Gasteiger partial charge in [0.25, 0.3) is 0 Å². The lowest BCUT2D eigenvalue weighted by Crippen LogP contribution is -2.39. The van der Waals surface area contributed by atoms with Crippen molar-refractivity contribution in [2.45, 2.75) is 5.92 Å². The van der Waals surface area contributed by atoms with Crippen LogP contribution in [-0.2, 0) is 0 Å². The van der Waals surface area contributed by atoms with Crippen molar-refractivity contribution in [2.24, 2.45) is 0 Å². The molecule has 1 N–H and O–H groups in total. The molecule has 1 fully saturated rings. The predicted octanol–water partition coefficient (Wildman–Crippen LogP) is 1.41. The molecule has 1 aromatic rings. The molecule has 1 saturated heterocycles. The maximum absolute atomic E-state index is 4.25. The molecule has 0 aromatic carbocycles. The quantitative estimate of drug-likeness (QED) is 0.707. The van der Waals surface area contributed by atoms with Crippen LogP contribution in [0.25, 0.3) is 6.08 Å². The van der Waals surface area contributed by atoms with Gasteiger partial charge in [0.15, 0.2) is 0 Å². The monoisotopic (exact) mass is 160 g/mol. The van der Waals surface area contributed by atoms with Gasteiger partial charge in [-0.15, -0.1) is 0 Å². The minimum Gasteiger partial charge on any atom is -0.315 e. The fourth-order valence-electron chi connectivity index (χ4n) is 1.30. The largest absolute Gasteiger partial charge is 0.315 e. The first-order valence-corrected chi connectivity index (χ1v) is 4.19. The second-order valence-corrected chi connectivity index (χ2v) is 3.08. The lowest BCUT2D eigenvalue weighted by atomic mass is 9.95. The van der Waals surface area contributed by atoms with E-state index < -0.39 is 0 Å². The maximum atomic E-state index is 4.25. The summed E-state index contributed by atoms with van der Waals surface area (Å²) in [6.45, 7) is 5.85. The Morgan fingerprint density at radius 1 is 1.50 bits per heavy atom. The van der Waals surface area contributed by atoms with Gasteiger partial charge in [0.2, 0.25) is 0 Å². The zero-order valence-corrected chi connectivity index (χ0v) is 6.96. The zero-order valence-electron chi connectivity index (χ0n) is 6.96. The van der Waals surface area contributed by atoms with Gasteiger partial charge in [-0.3, -0.25) is 4.98 Å². The highest BCUT2D eigenvalue weighted by Crippen LogP contribution is 2.18. The second-order valence-electron chi connectivity index (χ2n) is 3.08. The number of pyridine rings is 1. The fourth-order valence-corrected chi connectivity index (χ4v) is 1.30. The number of nitrogens with zero attached hydrogens (tertiary/aromatic N) is 1. The Bertz CT molecular complexity index is 272. The Kier molecular flexibility index (Phi) is 1.92. The summed E-state index contributed by atoms with van der Waals surface area (Å²) in [5.74, 6) is 0.677. The molecule has 2 nitrogen and oxygen atoms in total. The van der Waals surface area contributed by atoms with E-state index >= 15 is 0 Å². The maximum Gasteiger partial charge on any atom is 0.0623 e. The Morgan fingerprint density at radius 2 is 2.33 bits per heavy atom. The van der Waals surface area contributed by atoms with E-state index in [9.17, 15) is 0 Å². The Balaban J connectivity index is 2.18. The summed E-state index contributed by atoms with van der Waals surface area (Å²) in [7, 11) is 0. The van der Waals surface area contributed by atoms with E-state index in [1.807, 2.05) is 12.3 Å². The van der Waals surface area contributed by atoms with Crippen LogP contribution in [0.15, 0.2) is 24.9 Å².